The molecule has 0 bridgehead atoms. The average Bonchev–Trinajstić information content (AvgIpc) is 2.99. The lowest BCUT2D eigenvalue weighted by Gasteiger charge is -2.23. The van der Waals surface area contributed by atoms with E-state index in [0.717, 1.165) is 17.4 Å². The molecule has 6 nitrogen and oxygen atoms in total. The predicted octanol–water partition coefficient (Wildman–Crippen LogP) is 2.86. The van der Waals surface area contributed by atoms with E-state index in [1.807, 2.05) is 11.0 Å². The van der Waals surface area contributed by atoms with Crippen LogP contribution in [0.5, 0.6) is 0 Å². The number of aryl methyl sites for hydroxylation is 1. The Morgan fingerprint density at radius 2 is 2.23 bits per heavy atom. The van der Waals surface area contributed by atoms with E-state index in [-0.39, 0.29) is 11.8 Å². The lowest BCUT2D eigenvalue weighted by molar-refractivity contribution is 0.0731. The van der Waals surface area contributed by atoms with Crippen LogP contribution in [0.3, 0.4) is 0 Å². The molecule has 4 rings (SSSR count). The highest BCUT2D eigenvalue weighted by molar-refractivity contribution is 5.92. The van der Waals surface area contributed by atoms with Gasteiger partial charge in [-0.1, -0.05) is 12.1 Å². The van der Waals surface area contributed by atoms with E-state index in [2.05, 4.69) is 28.2 Å². The fourth-order valence-electron chi connectivity index (χ4n) is 3.39. The Kier molecular flexibility index (Phi) is 4.67. The minimum absolute atomic E-state index is 0.0625. The predicted molar refractivity (Wildman–Crippen MR) is 96.9 cm³/mol. The van der Waals surface area contributed by atoms with Crippen LogP contribution in [0.15, 0.2) is 47.2 Å². The van der Waals surface area contributed by atoms with E-state index in [0.29, 0.717) is 37.8 Å². The minimum Gasteiger partial charge on any atom is -0.464 e. The summed E-state index contributed by atoms with van der Waals surface area (Å²) in [5.74, 6) is 0.773. The molecule has 3 aromatic rings. The summed E-state index contributed by atoms with van der Waals surface area (Å²) in [5.41, 5.74) is 2.52. The van der Waals surface area contributed by atoms with E-state index in [1.54, 1.807) is 25.5 Å². The first-order chi connectivity index (χ1) is 12.7. The molecule has 1 atom stereocenters. The summed E-state index contributed by atoms with van der Waals surface area (Å²) < 4.78 is 11.2. The van der Waals surface area contributed by atoms with Gasteiger partial charge in [0, 0.05) is 30.6 Å². The van der Waals surface area contributed by atoms with Gasteiger partial charge in [0.2, 0.25) is 0 Å². The van der Waals surface area contributed by atoms with Gasteiger partial charge < -0.3 is 14.1 Å². The molecule has 0 spiro atoms. The highest BCUT2D eigenvalue weighted by Crippen LogP contribution is 2.21. The minimum atomic E-state index is -0.0625. The number of nitrogens with zero attached hydrogens (tertiary/aromatic N) is 3. The molecule has 1 saturated heterocycles. The van der Waals surface area contributed by atoms with E-state index < -0.39 is 0 Å². The van der Waals surface area contributed by atoms with Crippen molar-refractivity contribution in [3.63, 3.8) is 0 Å². The lowest BCUT2D eigenvalue weighted by Crippen LogP contribution is -2.37. The molecular formula is C20H21N3O3. The molecule has 0 radical (unpaired) electrons. The SMILES string of the molecule is Cc1nccc(C(=O)N2CCOCC(Cc3ccc4ccoc4c3)C2)n1. The Bertz CT molecular complexity index is 921. The molecule has 0 saturated carbocycles. The summed E-state index contributed by atoms with van der Waals surface area (Å²) in [6.07, 6.45) is 4.16. The smallest absolute Gasteiger partial charge is 0.272 e. The molecular weight excluding hydrogens is 330 g/mol. The van der Waals surface area contributed by atoms with Crippen LogP contribution >= 0.6 is 0 Å². The summed E-state index contributed by atoms with van der Waals surface area (Å²) in [4.78, 5) is 23.0. The number of aromatic nitrogens is 2. The number of carbonyl (C=O) groups is 1. The van der Waals surface area contributed by atoms with Gasteiger partial charge in [-0.15, -0.1) is 0 Å². The molecule has 26 heavy (non-hydrogen) atoms. The molecule has 0 N–H and O–H groups in total. The Labute approximate surface area is 151 Å². The largest absolute Gasteiger partial charge is 0.464 e. The first-order valence-electron chi connectivity index (χ1n) is 8.82. The summed E-state index contributed by atoms with van der Waals surface area (Å²) in [5, 5.41) is 1.10. The maximum absolute atomic E-state index is 12.8. The summed E-state index contributed by atoms with van der Waals surface area (Å²) in [7, 11) is 0. The van der Waals surface area contributed by atoms with Gasteiger partial charge in [-0.05, 0) is 37.1 Å². The van der Waals surface area contributed by atoms with Gasteiger partial charge in [-0.3, -0.25) is 4.79 Å². The van der Waals surface area contributed by atoms with Crippen LogP contribution in [-0.4, -0.2) is 47.1 Å². The zero-order chi connectivity index (χ0) is 17.9. The quantitative estimate of drug-likeness (QED) is 0.726. The third kappa shape index (κ3) is 3.60. The van der Waals surface area contributed by atoms with Crippen molar-refractivity contribution in [2.45, 2.75) is 13.3 Å². The summed E-state index contributed by atoms with van der Waals surface area (Å²) in [6.45, 7) is 4.20. The van der Waals surface area contributed by atoms with Crippen molar-refractivity contribution in [3.05, 3.63) is 59.9 Å². The maximum Gasteiger partial charge on any atom is 0.272 e. The zero-order valence-electron chi connectivity index (χ0n) is 14.7. The standard InChI is InChI=1S/C20H21N3O3/c1-14-21-6-4-18(22-14)20(24)23-7-9-25-13-16(12-23)10-15-2-3-17-5-8-26-19(17)11-15/h2-6,8,11,16H,7,9-10,12-13H2,1H3. The fraction of sp³-hybridized carbons (Fsp3) is 0.350. The normalized spacial score (nSPS) is 18.0. The lowest BCUT2D eigenvalue weighted by atomic mass is 9.99. The van der Waals surface area contributed by atoms with Crippen molar-refractivity contribution < 1.29 is 13.9 Å². The molecule has 0 aliphatic carbocycles. The van der Waals surface area contributed by atoms with Gasteiger partial charge in [-0.25, -0.2) is 9.97 Å². The van der Waals surface area contributed by atoms with Crippen molar-refractivity contribution in [2.75, 3.05) is 26.3 Å². The first kappa shape index (κ1) is 16.7. The number of carbonyl (C=O) groups excluding carboxylic acids is 1. The van der Waals surface area contributed by atoms with Crippen molar-refractivity contribution in [3.8, 4) is 0 Å². The van der Waals surface area contributed by atoms with Crippen molar-refractivity contribution >= 4 is 16.9 Å². The molecule has 1 aliphatic heterocycles. The van der Waals surface area contributed by atoms with Crippen molar-refractivity contribution in [2.24, 2.45) is 5.92 Å². The van der Waals surface area contributed by atoms with Crippen LogP contribution in [-0.2, 0) is 11.2 Å². The van der Waals surface area contributed by atoms with E-state index in [1.165, 1.54) is 5.56 Å². The Hall–Kier alpha value is -2.73. The van der Waals surface area contributed by atoms with Crippen molar-refractivity contribution in [1.29, 1.82) is 0 Å². The zero-order valence-corrected chi connectivity index (χ0v) is 14.7. The number of furan rings is 1. The second-order valence-electron chi connectivity index (χ2n) is 6.68. The molecule has 1 unspecified atom stereocenters. The maximum atomic E-state index is 12.8. The van der Waals surface area contributed by atoms with Gasteiger partial charge in [0.1, 0.15) is 17.1 Å². The second kappa shape index (κ2) is 7.25. The van der Waals surface area contributed by atoms with E-state index in [9.17, 15) is 4.79 Å². The highest BCUT2D eigenvalue weighted by atomic mass is 16.5. The molecule has 134 valence electrons. The third-order valence-electron chi connectivity index (χ3n) is 4.67. The number of fused-ring (bicyclic) bond motifs is 1. The number of hydrogen-bond donors (Lipinski definition) is 0. The fourth-order valence-corrected chi connectivity index (χ4v) is 3.39. The molecule has 1 aromatic carbocycles. The monoisotopic (exact) mass is 351 g/mol. The van der Waals surface area contributed by atoms with Crippen LogP contribution in [0.4, 0.5) is 0 Å². The Balaban J connectivity index is 1.49. The van der Waals surface area contributed by atoms with Gasteiger partial charge in [0.05, 0.1) is 19.5 Å². The van der Waals surface area contributed by atoms with Crippen LogP contribution in [0.2, 0.25) is 0 Å². The van der Waals surface area contributed by atoms with Crippen LogP contribution in [0, 0.1) is 12.8 Å². The number of amides is 1. The first-order valence-corrected chi connectivity index (χ1v) is 8.82. The van der Waals surface area contributed by atoms with Crippen molar-refractivity contribution in [1.82, 2.24) is 14.9 Å². The highest BCUT2D eigenvalue weighted by Gasteiger charge is 2.24. The van der Waals surface area contributed by atoms with Crippen LogP contribution in [0.25, 0.3) is 11.0 Å². The number of ether oxygens (including phenoxy) is 1. The Morgan fingerprint density at radius 1 is 1.31 bits per heavy atom. The van der Waals surface area contributed by atoms with Gasteiger partial charge in [-0.2, -0.15) is 0 Å². The summed E-state index contributed by atoms with van der Waals surface area (Å²) in [6, 6.07) is 9.88. The molecule has 2 aromatic heterocycles. The number of rotatable bonds is 3. The van der Waals surface area contributed by atoms with Gasteiger partial charge >= 0.3 is 0 Å². The third-order valence-corrected chi connectivity index (χ3v) is 4.67. The summed E-state index contributed by atoms with van der Waals surface area (Å²) >= 11 is 0. The molecule has 1 fully saturated rings. The Morgan fingerprint density at radius 3 is 3.12 bits per heavy atom. The van der Waals surface area contributed by atoms with E-state index in [4.69, 9.17) is 9.15 Å². The molecule has 6 heteroatoms. The topological polar surface area (TPSA) is 68.5 Å². The number of hydrogen-bond acceptors (Lipinski definition) is 5. The second-order valence-corrected chi connectivity index (χ2v) is 6.68. The van der Waals surface area contributed by atoms with E-state index >= 15 is 0 Å². The molecule has 3 heterocycles. The number of benzene rings is 1. The van der Waals surface area contributed by atoms with Crippen LogP contribution < -0.4 is 0 Å². The average molecular weight is 351 g/mol. The molecule has 1 aliphatic rings. The molecule has 1 amide bonds. The van der Waals surface area contributed by atoms with Crippen LogP contribution in [0.1, 0.15) is 21.9 Å². The van der Waals surface area contributed by atoms with Gasteiger partial charge in [0.25, 0.3) is 5.91 Å². The van der Waals surface area contributed by atoms with Gasteiger partial charge in [0.15, 0.2) is 0 Å².